The molecule has 1 fully saturated rings. The van der Waals surface area contributed by atoms with Crippen molar-refractivity contribution in [3.63, 3.8) is 0 Å². The summed E-state index contributed by atoms with van der Waals surface area (Å²) in [6.45, 7) is 3.93. The lowest BCUT2D eigenvalue weighted by atomic mass is 9.89. The average molecular weight is 381 g/mol. The van der Waals surface area contributed by atoms with E-state index in [4.69, 9.17) is 0 Å². The zero-order valence-corrected chi connectivity index (χ0v) is 17.0. The lowest BCUT2D eigenvalue weighted by molar-refractivity contribution is -0.140. The maximum atomic E-state index is 12.2. The summed E-state index contributed by atoms with van der Waals surface area (Å²) < 4.78 is 4.60. The Balaban J connectivity index is 2.51. The van der Waals surface area contributed by atoms with Crippen molar-refractivity contribution < 1.29 is 24.5 Å². The molecule has 1 aliphatic rings. The highest BCUT2D eigenvalue weighted by Gasteiger charge is 2.39. The van der Waals surface area contributed by atoms with Gasteiger partial charge in [-0.2, -0.15) is 0 Å². The third-order valence-corrected chi connectivity index (χ3v) is 5.25. The van der Waals surface area contributed by atoms with Crippen molar-refractivity contribution in [1.29, 1.82) is 0 Å². The van der Waals surface area contributed by atoms with Gasteiger partial charge in [-0.25, -0.2) is 0 Å². The molecule has 1 rings (SSSR count). The highest BCUT2D eigenvalue weighted by Crippen LogP contribution is 2.33. The molecule has 27 heavy (non-hydrogen) atoms. The number of aliphatic hydroxyl groups excluding tert-OH is 1. The number of carbonyl (C=O) groups is 2. The first-order chi connectivity index (χ1) is 12.8. The average Bonchev–Trinajstić information content (AvgIpc) is 2.89. The van der Waals surface area contributed by atoms with E-state index in [0.29, 0.717) is 19.3 Å². The number of hydrogen-bond donors (Lipinski definition) is 2. The maximum Gasteiger partial charge on any atom is 0.305 e. The van der Waals surface area contributed by atoms with E-state index < -0.39 is 11.7 Å². The Hall–Kier alpha value is -1.46. The van der Waals surface area contributed by atoms with Gasteiger partial charge in [0.25, 0.3) is 0 Å². The lowest BCUT2D eigenvalue weighted by Crippen LogP contribution is -2.23. The van der Waals surface area contributed by atoms with Crippen LogP contribution in [-0.2, 0) is 14.3 Å². The Morgan fingerprint density at radius 1 is 1.30 bits per heavy atom. The van der Waals surface area contributed by atoms with Gasteiger partial charge in [-0.1, -0.05) is 44.1 Å². The summed E-state index contributed by atoms with van der Waals surface area (Å²) in [5, 5.41) is 20.6. The van der Waals surface area contributed by atoms with Crippen LogP contribution in [-0.4, -0.2) is 40.8 Å². The fourth-order valence-corrected chi connectivity index (χ4v) is 3.49. The molecule has 0 saturated heterocycles. The normalized spacial score (nSPS) is 25.4. The predicted octanol–water partition coefficient (Wildman–Crippen LogP) is 3.73. The van der Waals surface area contributed by atoms with Crippen LogP contribution in [0.2, 0.25) is 0 Å². The van der Waals surface area contributed by atoms with Gasteiger partial charge in [0.05, 0.1) is 18.8 Å². The zero-order valence-electron chi connectivity index (χ0n) is 17.0. The molecule has 0 aliphatic heterocycles. The molecule has 0 heterocycles. The summed E-state index contributed by atoms with van der Waals surface area (Å²) in [5.41, 5.74) is -0.741. The molecular formula is C22H36O5. The highest BCUT2D eigenvalue weighted by atomic mass is 16.5. The number of carbonyl (C=O) groups excluding carboxylic acids is 2. The SMILES string of the molecule is CCCC[C@](C)(O)C/C=C/[C@H]1[C@H](O)CC(=O)[C@@H]1C/C=C/CCCC(=O)OC. The van der Waals surface area contributed by atoms with Crippen molar-refractivity contribution in [3.05, 3.63) is 24.3 Å². The van der Waals surface area contributed by atoms with Crippen molar-refractivity contribution >= 4 is 11.8 Å². The van der Waals surface area contributed by atoms with E-state index in [1.165, 1.54) is 7.11 Å². The number of Topliss-reactive ketones (excluding diaryl/α,β-unsaturated/α-hetero) is 1. The summed E-state index contributed by atoms with van der Waals surface area (Å²) in [4.78, 5) is 23.3. The highest BCUT2D eigenvalue weighted by molar-refractivity contribution is 5.84. The van der Waals surface area contributed by atoms with Crippen molar-refractivity contribution in [2.45, 2.75) is 83.3 Å². The summed E-state index contributed by atoms with van der Waals surface area (Å²) in [6, 6.07) is 0. The summed E-state index contributed by atoms with van der Waals surface area (Å²) in [7, 11) is 1.38. The lowest BCUT2D eigenvalue weighted by Gasteiger charge is -2.22. The molecule has 0 radical (unpaired) electrons. The third kappa shape index (κ3) is 8.85. The second-order valence-corrected chi connectivity index (χ2v) is 7.83. The molecule has 0 unspecified atom stereocenters. The fourth-order valence-electron chi connectivity index (χ4n) is 3.49. The van der Waals surface area contributed by atoms with Crippen molar-refractivity contribution in [3.8, 4) is 0 Å². The molecule has 0 spiro atoms. The molecule has 1 saturated carbocycles. The standard InChI is InChI=1S/C22H36O5/c1-4-5-14-22(2,26)15-10-12-18-17(19(23)16-20(18)24)11-8-6-7-9-13-21(25)27-3/h6,8,10,12,17-18,20,24,26H,4-5,7,9,11,13-16H2,1-3H3/b8-6+,12-10+/t17-,18-,20-,22+/m1/s1. The van der Waals surface area contributed by atoms with Crippen LogP contribution < -0.4 is 0 Å². The molecule has 0 bridgehead atoms. The van der Waals surface area contributed by atoms with E-state index >= 15 is 0 Å². The first-order valence-electron chi connectivity index (χ1n) is 10.1. The van der Waals surface area contributed by atoms with Crippen LogP contribution in [0, 0.1) is 11.8 Å². The number of aliphatic hydroxyl groups is 2. The molecule has 154 valence electrons. The number of hydrogen-bond acceptors (Lipinski definition) is 5. The molecule has 0 aromatic rings. The van der Waals surface area contributed by atoms with Gasteiger partial charge in [0.15, 0.2) is 0 Å². The zero-order chi connectivity index (χ0) is 20.3. The van der Waals surface area contributed by atoms with Crippen molar-refractivity contribution in [1.82, 2.24) is 0 Å². The van der Waals surface area contributed by atoms with Gasteiger partial charge in [0.2, 0.25) is 0 Å². The number of allylic oxidation sites excluding steroid dienone is 2. The molecule has 0 aromatic carbocycles. The largest absolute Gasteiger partial charge is 0.469 e. The number of ether oxygens (including phenoxy) is 1. The van der Waals surface area contributed by atoms with E-state index in [9.17, 15) is 19.8 Å². The quantitative estimate of drug-likeness (QED) is 0.306. The summed E-state index contributed by atoms with van der Waals surface area (Å²) in [6.07, 6.45) is 13.1. The van der Waals surface area contributed by atoms with Crippen molar-refractivity contribution in [2.24, 2.45) is 11.8 Å². The van der Waals surface area contributed by atoms with Crippen LogP contribution in [0.5, 0.6) is 0 Å². The Morgan fingerprint density at radius 3 is 2.70 bits per heavy atom. The first kappa shape index (κ1) is 23.6. The smallest absolute Gasteiger partial charge is 0.305 e. The van der Waals surface area contributed by atoms with Crippen LogP contribution >= 0.6 is 0 Å². The Morgan fingerprint density at radius 2 is 2.04 bits per heavy atom. The maximum absolute atomic E-state index is 12.2. The second-order valence-electron chi connectivity index (χ2n) is 7.83. The van der Waals surface area contributed by atoms with Crippen LogP contribution in [0.15, 0.2) is 24.3 Å². The Bertz CT molecular complexity index is 521. The van der Waals surface area contributed by atoms with Crippen LogP contribution in [0.3, 0.4) is 0 Å². The van der Waals surface area contributed by atoms with E-state index in [1.54, 1.807) is 0 Å². The topological polar surface area (TPSA) is 83.8 Å². The number of unbranched alkanes of at least 4 members (excludes halogenated alkanes) is 2. The van der Waals surface area contributed by atoms with Gasteiger partial charge in [0.1, 0.15) is 5.78 Å². The van der Waals surface area contributed by atoms with E-state index in [1.807, 2.05) is 31.2 Å². The number of rotatable bonds is 12. The van der Waals surface area contributed by atoms with Gasteiger partial charge in [-0.05, 0) is 39.0 Å². The molecule has 5 nitrogen and oxygen atoms in total. The summed E-state index contributed by atoms with van der Waals surface area (Å²) >= 11 is 0. The van der Waals surface area contributed by atoms with E-state index in [-0.39, 0.29) is 30.0 Å². The molecule has 5 heteroatoms. The number of esters is 1. The van der Waals surface area contributed by atoms with E-state index in [0.717, 1.165) is 32.1 Å². The van der Waals surface area contributed by atoms with E-state index in [2.05, 4.69) is 11.7 Å². The molecule has 0 aromatic heterocycles. The molecule has 2 N–H and O–H groups in total. The molecule has 1 aliphatic carbocycles. The first-order valence-corrected chi connectivity index (χ1v) is 10.1. The minimum absolute atomic E-state index is 0.0918. The van der Waals surface area contributed by atoms with Gasteiger partial charge < -0.3 is 14.9 Å². The second kappa shape index (κ2) is 12.1. The predicted molar refractivity (Wildman–Crippen MR) is 106 cm³/mol. The third-order valence-electron chi connectivity index (χ3n) is 5.25. The van der Waals surface area contributed by atoms with Gasteiger partial charge >= 0.3 is 5.97 Å². The number of methoxy groups -OCH3 is 1. The van der Waals surface area contributed by atoms with Crippen molar-refractivity contribution in [2.75, 3.05) is 7.11 Å². The van der Waals surface area contributed by atoms with Gasteiger partial charge in [-0.3, -0.25) is 9.59 Å². The minimum Gasteiger partial charge on any atom is -0.469 e. The van der Waals surface area contributed by atoms with Crippen LogP contribution in [0.4, 0.5) is 0 Å². The Labute approximate surface area is 163 Å². The van der Waals surface area contributed by atoms with Gasteiger partial charge in [-0.15, -0.1) is 0 Å². The molecule has 4 atom stereocenters. The van der Waals surface area contributed by atoms with Crippen LogP contribution in [0.25, 0.3) is 0 Å². The monoisotopic (exact) mass is 380 g/mol. The number of ketones is 1. The Kier molecular flexibility index (Phi) is 10.6. The minimum atomic E-state index is -0.741. The molecular weight excluding hydrogens is 344 g/mol. The summed E-state index contributed by atoms with van der Waals surface area (Å²) in [5.74, 6) is -0.528. The van der Waals surface area contributed by atoms with Gasteiger partial charge in [0, 0.05) is 24.7 Å². The fraction of sp³-hybridized carbons (Fsp3) is 0.727. The molecule has 0 amide bonds. The van der Waals surface area contributed by atoms with Crippen LogP contribution in [0.1, 0.15) is 71.6 Å².